The first-order valence-corrected chi connectivity index (χ1v) is 9.78. The van der Waals surface area contributed by atoms with E-state index in [4.69, 9.17) is 16.3 Å². The highest BCUT2D eigenvalue weighted by Gasteiger charge is 2.26. The summed E-state index contributed by atoms with van der Waals surface area (Å²) in [5.41, 5.74) is 1.25. The number of thiophene rings is 1. The van der Waals surface area contributed by atoms with Crippen molar-refractivity contribution in [3.8, 4) is 0 Å². The number of aryl methyl sites for hydroxylation is 1. The maximum absolute atomic E-state index is 12.6. The van der Waals surface area contributed by atoms with E-state index in [1.807, 2.05) is 4.90 Å². The summed E-state index contributed by atoms with van der Waals surface area (Å²) in [4.78, 5) is 25.0. The van der Waals surface area contributed by atoms with Crippen LogP contribution in [0.4, 0.5) is 4.79 Å². The Morgan fingerprint density at radius 1 is 1.48 bits per heavy atom. The lowest BCUT2D eigenvalue weighted by molar-refractivity contribution is 0.147. The van der Waals surface area contributed by atoms with Crippen molar-refractivity contribution in [2.24, 2.45) is 0 Å². The smallest absolute Gasteiger partial charge is 0.317 e. The Labute approximate surface area is 156 Å². The van der Waals surface area contributed by atoms with Crippen molar-refractivity contribution >= 4 is 39.2 Å². The summed E-state index contributed by atoms with van der Waals surface area (Å²) in [5, 5.41) is 4.70. The maximum Gasteiger partial charge on any atom is 0.317 e. The molecule has 1 atom stereocenters. The molecule has 0 saturated heterocycles. The number of urea groups is 1. The number of hydrogen-bond acceptors (Lipinski definition) is 5. The van der Waals surface area contributed by atoms with Crippen molar-refractivity contribution in [1.29, 1.82) is 0 Å². The number of carbonyl (C=O) groups is 1. The maximum atomic E-state index is 12.6. The molecule has 0 bridgehead atoms. The molecule has 1 aliphatic rings. The third-order valence-corrected chi connectivity index (χ3v) is 5.92. The molecule has 0 spiro atoms. The quantitative estimate of drug-likeness (QED) is 0.778. The van der Waals surface area contributed by atoms with Gasteiger partial charge in [-0.3, -0.25) is 0 Å². The van der Waals surface area contributed by atoms with Gasteiger partial charge in [-0.2, -0.15) is 0 Å². The van der Waals surface area contributed by atoms with Crippen molar-refractivity contribution < 1.29 is 9.53 Å². The van der Waals surface area contributed by atoms with Crippen LogP contribution in [0.25, 0.3) is 10.2 Å². The Hall–Kier alpha value is -1.44. The number of hydrogen-bond donors (Lipinski definition) is 1. The molecule has 2 aromatic heterocycles. The molecule has 1 N–H and O–H groups in total. The summed E-state index contributed by atoms with van der Waals surface area (Å²) in [5.74, 6) is 0. The number of methoxy groups -OCH3 is 1. The number of rotatable bonds is 6. The summed E-state index contributed by atoms with van der Waals surface area (Å²) in [7, 11) is 1.65. The molecule has 0 aliphatic heterocycles. The SMILES string of the molecule is CCCN(CCOC)C(=O)NC1CCc2c(sc3ncnc(Cl)c23)C1. The molecule has 2 aromatic rings. The Morgan fingerprint density at radius 3 is 3.08 bits per heavy atom. The third kappa shape index (κ3) is 4.04. The Bertz CT molecular complexity index is 752. The lowest BCUT2D eigenvalue weighted by atomic mass is 9.93. The van der Waals surface area contributed by atoms with Crippen molar-refractivity contribution in [2.75, 3.05) is 26.8 Å². The van der Waals surface area contributed by atoms with Crippen molar-refractivity contribution in [1.82, 2.24) is 20.2 Å². The number of nitrogens with one attached hydrogen (secondary N) is 1. The molecule has 136 valence electrons. The van der Waals surface area contributed by atoms with Crippen LogP contribution in [0.3, 0.4) is 0 Å². The van der Waals surface area contributed by atoms with E-state index in [1.165, 1.54) is 16.8 Å². The number of aromatic nitrogens is 2. The second kappa shape index (κ2) is 8.29. The van der Waals surface area contributed by atoms with Crippen LogP contribution in [0.1, 0.15) is 30.2 Å². The minimum absolute atomic E-state index is 0.00807. The van der Waals surface area contributed by atoms with Crippen molar-refractivity contribution in [3.05, 3.63) is 21.9 Å². The molecule has 25 heavy (non-hydrogen) atoms. The van der Waals surface area contributed by atoms with E-state index in [0.717, 1.165) is 42.4 Å². The largest absolute Gasteiger partial charge is 0.383 e. The molecule has 0 radical (unpaired) electrons. The number of ether oxygens (including phenoxy) is 1. The van der Waals surface area contributed by atoms with Gasteiger partial charge in [0, 0.05) is 37.5 Å². The summed E-state index contributed by atoms with van der Waals surface area (Å²) >= 11 is 7.90. The van der Waals surface area contributed by atoms with E-state index < -0.39 is 0 Å². The first kappa shape index (κ1) is 18.4. The van der Waals surface area contributed by atoms with Gasteiger partial charge in [0.15, 0.2) is 0 Å². The predicted octanol–water partition coefficient (Wildman–Crippen LogP) is 3.27. The molecule has 6 nitrogen and oxygen atoms in total. The highest BCUT2D eigenvalue weighted by molar-refractivity contribution is 7.19. The van der Waals surface area contributed by atoms with Gasteiger partial charge in [-0.25, -0.2) is 14.8 Å². The minimum Gasteiger partial charge on any atom is -0.383 e. The van der Waals surface area contributed by atoms with Crippen LogP contribution in [0.15, 0.2) is 6.33 Å². The fraction of sp³-hybridized carbons (Fsp3) is 0.588. The fourth-order valence-corrected chi connectivity index (χ4v) is 4.82. The number of carbonyl (C=O) groups excluding carboxylic acids is 1. The molecule has 0 fully saturated rings. The fourth-order valence-electron chi connectivity index (χ4n) is 3.25. The molecule has 8 heteroatoms. The van der Waals surface area contributed by atoms with Crippen LogP contribution in [0, 0.1) is 0 Å². The van der Waals surface area contributed by atoms with Crippen LogP contribution in [-0.4, -0.2) is 53.7 Å². The zero-order valence-corrected chi connectivity index (χ0v) is 16.1. The number of fused-ring (bicyclic) bond motifs is 3. The topological polar surface area (TPSA) is 67.3 Å². The van der Waals surface area contributed by atoms with Gasteiger partial charge in [-0.05, 0) is 24.8 Å². The molecule has 2 heterocycles. The number of nitrogens with zero attached hydrogens (tertiary/aromatic N) is 3. The first-order chi connectivity index (χ1) is 12.1. The molecular weight excluding hydrogens is 360 g/mol. The van der Waals surface area contributed by atoms with Crippen LogP contribution in [0.2, 0.25) is 5.15 Å². The summed E-state index contributed by atoms with van der Waals surface area (Å²) < 4.78 is 5.10. The van der Waals surface area contributed by atoms with Crippen LogP contribution in [0.5, 0.6) is 0 Å². The van der Waals surface area contributed by atoms with E-state index in [2.05, 4.69) is 22.2 Å². The lowest BCUT2D eigenvalue weighted by Crippen LogP contribution is -2.47. The number of amides is 2. The predicted molar refractivity (Wildman–Crippen MR) is 101 cm³/mol. The van der Waals surface area contributed by atoms with Gasteiger partial charge in [-0.15, -0.1) is 11.3 Å². The van der Waals surface area contributed by atoms with Crippen molar-refractivity contribution in [2.45, 2.75) is 38.6 Å². The monoisotopic (exact) mass is 382 g/mol. The molecule has 0 aromatic carbocycles. The standard InChI is InChI=1S/C17H23ClN4O2S/c1-3-6-22(7-8-24-2)17(23)21-11-4-5-12-13(9-11)25-16-14(12)15(18)19-10-20-16/h10-11H,3-9H2,1-2H3,(H,21,23). The van der Waals surface area contributed by atoms with Crippen molar-refractivity contribution in [3.63, 3.8) is 0 Å². The van der Waals surface area contributed by atoms with Gasteiger partial charge in [0.1, 0.15) is 16.3 Å². The highest BCUT2D eigenvalue weighted by Crippen LogP contribution is 2.37. The van der Waals surface area contributed by atoms with Gasteiger partial charge in [-0.1, -0.05) is 18.5 Å². The van der Waals surface area contributed by atoms with Gasteiger partial charge in [0.05, 0.1) is 12.0 Å². The average molecular weight is 383 g/mol. The van der Waals surface area contributed by atoms with Crippen LogP contribution < -0.4 is 5.32 Å². The molecular formula is C17H23ClN4O2S. The Balaban J connectivity index is 1.69. The Morgan fingerprint density at radius 2 is 2.32 bits per heavy atom. The normalized spacial score (nSPS) is 16.7. The first-order valence-electron chi connectivity index (χ1n) is 8.59. The van der Waals surface area contributed by atoms with E-state index >= 15 is 0 Å². The van der Waals surface area contributed by atoms with E-state index in [-0.39, 0.29) is 12.1 Å². The van der Waals surface area contributed by atoms with E-state index in [9.17, 15) is 4.79 Å². The molecule has 2 amide bonds. The van der Waals surface area contributed by atoms with Crippen LogP contribution in [-0.2, 0) is 17.6 Å². The van der Waals surface area contributed by atoms with E-state index in [1.54, 1.807) is 18.4 Å². The summed E-state index contributed by atoms with van der Waals surface area (Å²) in [6.45, 7) is 3.97. The lowest BCUT2D eigenvalue weighted by Gasteiger charge is -2.28. The molecule has 1 unspecified atom stereocenters. The van der Waals surface area contributed by atoms with Gasteiger partial charge >= 0.3 is 6.03 Å². The van der Waals surface area contributed by atoms with Gasteiger partial charge < -0.3 is 15.0 Å². The third-order valence-electron chi connectivity index (χ3n) is 4.47. The molecule has 3 rings (SSSR count). The van der Waals surface area contributed by atoms with Gasteiger partial charge in [0.2, 0.25) is 0 Å². The average Bonchev–Trinajstić information content (AvgIpc) is 2.97. The van der Waals surface area contributed by atoms with Gasteiger partial charge in [0.25, 0.3) is 0 Å². The zero-order chi connectivity index (χ0) is 17.8. The van der Waals surface area contributed by atoms with E-state index in [0.29, 0.717) is 18.3 Å². The highest BCUT2D eigenvalue weighted by atomic mass is 35.5. The Kier molecular flexibility index (Phi) is 6.09. The van der Waals surface area contributed by atoms with Crippen LogP contribution >= 0.6 is 22.9 Å². The minimum atomic E-state index is -0.00807. The zero-order valence-electron chi connectivity index (χ0n) is 14.5. The second-order valence-electron chi connectivity index (χ2n) is 6.22. The summed E-state index contributed by atoms with van der Waals surface area (Å²) in [6.07, 6.45) is 5.05. The molecule has 1 aliphatic carbocycles. The molecule has 0 saturated carbocycles. The second-order valence-corrected chi connectivity index (χ2v) is 7.66. The number of halogens is 1. The summed E-state index contributed by atoms with van der Waals surface area (Å²) in [6, 6.07) is 0.132.